The van der Waals surface area contributed by atoms with Gasteiger partial charge in [-0.25, -0.2) is 5.48 Å². The zero-order chi connectivity index (χ0) is 15.4. The molecule has 0 saturated heterocycles. The van der Waals surface area contributed by atoms with Crippen molar-refractivity contribution in [1.29, 1.82) is 0 Å². The Labute approximate surface area is 121 Å². The molecule has 0 aliphatic carbocycles. The van der Waals surface area contributed by atoms with Crippen LogP contribution in [-0.2, 0) is 0 Å². The van der Waals surface area contributed by atoms with Gasteiger partial charge < -0.3 is 10.4 Å². The maximum atomic E-state index is 12.2. The fourth-order valence-electron chi connectivity index (χ4n) is 1.89. The second-order valence-electron chi connectivity index (χ2n) is 4.41. The van der Waals surface area contributed by atoms with Crippen molar-refractivity contribution in [3.8, 4) is 5.75 Å². The first-order chi connectivity index (χ1) is 10.0. The van der Waals surface area contributed by atoms with Crippen LogP contribution >= 0.6 is 0 Å². The van der Waals surface area contributed by atoms with Crippen LogP contribution in [0.5, 0.6) is 5.75 Å². The molecule has 0 aliphatic rings. The van der Waals surface area contributed by atoms with Crippen molar-refractivity contribution in [2.24, 2.45) is 0 Å². The molecule has 2 aromatic carbocycles. The molecule has 0 unspecified atom stereocenters. The molecule has 2 aromatic rings. The topological polar surface area (TPSA) is 98.7 Å². The number of anilines is 1. The lowest BCUT2D eigenvalue weighted by atomic mass is 10.1. The molecule has 21 heavy (non-hydrogen) atoms. The molecule has 0 saturated carbocycles. The predicted molar refractivity (Wildman–Crippen MR) is 76.5 cm³/mol. The van der Waals surface area contributed by atoms with Crippen LogP contribution in [0.2, 0.25) is 0 Å². The normalized spacial score (nSPS) is 10.0. The Morgan fingerprint density at radius 3 is 2.19 bits per heavy atom. The number of hydrogen-bond donors (Lipinski definition) is 4. The van der Waals surface area contributed by atoms with E-state index in [1.165, 1.54) is 17.6 Å². The van der Waals surface area contributed by atoms with Gasteiger partial charge in [0.2, 0.25) is 0 Å². The SMILES string of the molecule is Cc1cccc(NC(=O)c2ccccc2C(=O)NO)c1O. The molecule has 108 valence electrons. The average Bonchev–Trinajstić information content (AvgIpc) is 2.51. The standard InChI is InChI=1S/C15H14N2O4/c1-9-5-4-8-12(13(9)18)16-14(19)10-6-2-3-7-11(10)15(20)17-21/h2-8,18,21H,1H3,(H,16,19)(H,17,20). The zero-order valence-electron chi connectivity index (χ0n) is 11.3. The van der Waals surface area contributed by atoms with Gasteiger partial charge in [0.1, 0.15) is 5.75 Å². The van der Waals surface area contributed by atoms with Crippen LogP contribution in [0.25, 0.3) is 0 Å². The summed E-state index contributed by atoms with van der Waals surface area (Å²) < 4.78 is 0. The fraction of sp³-hybridized carbons (Fsp3) is 0.0667. The maximum absolute atomic E-state index is 12.2. The van der Waals surface area contributed by atoms with E-state index in [-0.39, 0.29) is 22.6 Å². The Morgan fingerprint density at radius 1 is 0.952 bits per heavy atom. The van der Waals surface area contributed by atoms with Crippen molar-refractivity contribution in [2.45, 2.75) is 6.92 Å². The van der Waals surface area contributed by atoms with Gasteiger partial charge in [0, 0.05) is 0 Å². The summed E-state index contributed by atoms with van der Waals surface area (Å²) in [5, 5.41) is 21.1. The fourth-order valence-corrected chi connectivity index (χ4v) is 1.89. The van der Waals surface area contributed by atoms with Gasteiger partial charge in [0.25, 0.3) is 11.8 Å². The molecule has 0 radical (unpaired) electrons. The van der Waals surface area contributed by atoms with E-state index in [0.717, 1.165) is 0 Å². The molecule has 0 bridgehead atoms. The highest BCUT2D eigenvalue weighted by atomic mass is 16.5. The molecule has 0 heterocycles. The highest BCUT2D eigenvalue weighted by Gasteiger charge is 2.17. The Kier molecular flexibility index (Phi) is 4.20. The number of benzene rings is 2. The third-order valence-electron chi connectivity index (χ3n) is 3.00. The highest BCUT2D eigenvalue weighted by molar-refractivity contribution is 6.12. The van der Waals surface area contributed by atoms with Crippen LogP contribution in [0.1, 0.15) is 26.3 Å². The van der Waals surface area contributed by atoms with Gasteiger partial charge in [-0.2, -0.15) is 0 Å². The molecule has 0 spiro atoms. The van der Waals surface area contributed by atoms with Gasteiger partial charge in [0.15, 0.2) is 0 Å². The maximum Gasteiger partial charge on any atom is 0.275 e. The molecule has 4 N–H and O–H groups in total. The molecule has 0 atom stereocenters. The number of hydrogen-bond acceptors (Lipinski definition) is 4. The quantitative estimate of drug-likeness (QED) is 0.394. The number of amides is 2. The first-order valence-electron chi connectivity index (χ1n) is 6.18. The summed E-state index contributed by atoms with van der Waals surface area (Å²) in [5.74, 6) is -1.38. The molecule has 6 heteroatoms. The third-order valence-corrected chi connectivity index (χ3v) is 3.00. The van der Waals surface area contributed by atoms with Crippen LogP contribution in [0.3, 0.4) is 0 Å². The second-order valence-corrected chi connectivity index (χ2v) is 4.41. The molecule has 2 rings (SSSR count). The highest BCUT2D eigenvalue weighted by Crippen LogP contribution is 2.27. The predicted octanol–water partition coefficient (Wildman–Crippen LogP) is 2.07. The summed E-state index contributed by atoms with van der Waals surface area (Å²) in [7, 11) is 0. The molecule has 0 aliphatic heterocycles. The van der Waals surface area contributed by atoms with Crippen LogP contribution in [0.15, 0.2) is 42.5 Å². The lowest BCUT2D eigenvalue weighted by Gasteiger charge is -2.11. The number of hydroxylamine groups is 1. The lowest BCUT2D eigenvalue weighted by Crippen LogP contribution is -2.23. The van der Waals surface area contributed by atoms with Gasteiger partial charge >= 0.3 is 0 Å². The third kappa shape index (κ3) is 3.01. The first-order valence-corrected chi connectivity index (χ1v) is 6.18. The van der Waals surface area contributed by atoms with E-state index < -0.39 is 11.8 Å². The number of aryl methyl sites for hydroxylation is 1. The number of aromatic hydroxyl groups is 1. The van der Waals surface area contributed by atoms with E-state index in [4.69, 9.17) is 5.21 Å². The summed E-state index contributed by atoms with van der Waals surface area (Å²) >= 11 is 0. The Morgan fingerprint density at radius 2 is 1.57 bits per heavy atom. The molecule has 0 aromatic heterocycles. The van der Waals surface area contributed by atoms with Crippen molar-refractivity contribution in [3.63, 3.8) is 0 Å². The van der Waals surface area contributed by atoms with Crippen LogP contribution < -0.4 is 10.8 Å². The summed E-state index contributed by atoms with van der Waals surface area (Å²) in [6, 6.07) is 11.0. The van der Waals surface area contributed by atoms with E-state index >= 15 is 0 Å². The molecular weight excluding hydrogens is 272 g/mol. The van der Waals surface area contributed by atoms with E-state index in [1.807, 2.05) is 0 Å². The number of phenols is 1. The van der Waals surface area contributed by atoms with E-state index in [1.54, 1.807) is 37.3 Å². The van der Waals surface area contributed by atoms with E-state index in [0.29, 0.717) is 5.56 Å². The minimum atomic E-state index is -0.783. The van der Waals surface area contributed by atoms with E-state index in [9.17, 15) is 14.7 Å². The minimum Gasteiger partial charge on any atom is -0.505 e. The molecule has 6 nitrogen and oxygen atoms in total. The summed E-state index contributed by atoms with van der Waals surface area (Å²) in [4.78, 5) is 23.8. The number of nitrogens with one attached hydrogen (secondary N) is 2. The summed E-state index contributed by atoms with van der Waals surface area (Å²) in [5.41, 5.74) is 2.48. The number of rotatable bonds is 3. The van der Waals surface area contributed by atoms with Gasteiger partial charge in [0.05, 0.1) is 16.8 Å². The number of carbonyl (C=O) groups is 2. The number of carbonyl (C=O) groups excluding carboxylic acids is 2. The van der Waals surface area contributed by atoms with Crippen molar-refractivity contribution in [1.82, 2.24) is 5.48 Å². The number of phenolic OH excluding ortho intramolecular Hbond substituents is 1. The van der Waals surface area contributed by atoms with Crippen molar-refractivity contribution in [2.75, 3.05) is 5.32 Å². The Hall–Kier alpha value is -2.86. The smallest absolute Gasteiger partial charge is 0.275 e. The van der Waals surface area contributed by atoms with Gasteiger partial charge in [-0.15, -0.1) is 0 Å². The van der Waals surface area contributed by atoms with Crippen LogP contribution in [0.4, 0.5) is 5.69 Å². The Bertz CT molecular complexity index is 698. The molecular formula is C15H14N2O4. The van der Waals surface area contributed by atoms with Crippen molar-refractivity contribution < 1.29 is 19.9 Å². The van der Waals surface area contributed by atoms with E-state index in [2.05, 4.69) is 5.32 Å². The lowest BCUT2D eigenvalue weighted by molar-refractivity contribution is 0.0703. The largest absolute Gasteiger partial charge is 0.505 e. The van der Waals surface area contributed by atoms with Gasteiger partial charge in [-0.3, -0.25) is 14.8 Å². The summed E-state index contributed by atoms with van der Waals surface area (Å²) in [6.07, 6.45) is 0. The first kappa shape index (κ1) is 14.5. The monoisotopic (exact) mass is 286 g/mol. The van der Waals surface area contributed by atoms with Crippen molar-refractivity contribution >= 4 is 17.5 Å². The Balaban J connectivity index is 2.33. The zero-order valence-corrected chi connectivity index (χ0v) is 11.3. The molecule has 2 amide bonds. The second kappa shape index (κ2) is 6.06. The van der Waals surface area contributed by atoms with Crippen LogP contribution in [-0.4, -0.2) is 22.1 Å². The number of para-hydroxylation sites is 1. The summed E-state index contributed by atoms with van der Waals surface area (Å²) in [6.45, 7) is 1.71. The minimum absolute atomic E-state index is 0.0321. The molecule has 0 fully saturated rings. The van der Waals surface area contributed by atoms with Crippen LogP contribution in [0, 0.1) is 6.92 Å². The van der Waals surface area contributed by atoms with Gasteiger partial charge in [-0.05, 0) is 30.7 Å². The van der Waals surface area contributed by atoms with Gasteiger partial charge in [-0.1, -0.05) is 24.3 Å². The van der Waals surface area contributed by atoms with Crippen molar-refractivity contribution in [3.05, 3.63) is 59.2 Å². The average molecular weight is 286 g/mol.